The Balaban J connectivity index is 2.29. The minimum atomic E-state index is -3.68. The van der Waals surface area contributed by atoms with Crippen LogP contribution in [0.2, 0.25) is 0 Å². The Kier molecular flexibility index (Phi) is 4.30. The normalized spacial score (nSPS) is 14.3. The summed E-state index contributed by atoms with van der Waals surface area (Å²) in [4.78, 5) is 10.2. The third-order valence-corrected chi connectivity index (χ3v) is 5.21. The van der Waals surface area contributed by atoms with E-state index in [0.717, 1.165) is 0 Å². The number of rotatable bonds is 5. The van der Waals surface area contributed by atoms with Crippen LogP contribution < -0.4 is 0 Å². The molecule has 1 unspecified atom stereocenters. The lowest BCUT2D eigenvalue weighted by Gasteiger charge is -2.23. The van der Waals surface area contributed by atoms with E-state index in [4.69, 9.17) is 0 Å². The second-order valence-corrected chi connectivity index (χ2v) is 7.14. The van der Waals surface area contributed by atoms with Crippen molar-refractivity contribution < 1.29 is 18.4 Å². The topological polar surface area (TPSA) is 97.5 Å². The van der Waals surface area contributed by atoms with Crippen LogP contribution in [0.1, 0.15) is 12.5 Å². The number of nitro groups is 1. The Morgan fingerprint density at radius 3 is 2.14 bits per heavy atom. The molecule has 0 fully saturated rings. The van der Waals surface area contributed by atoms with Crippen LogP contribution in [0.15, 0.2) is 59.5 Å². The van der Waals surface area contributed by atoms with Crippen molar-refractivity contribution >= 4 is 15.5 Å². The number of aliphatic hydroxyl groups is 1. The molecule has 1 atom stereocenters. The lowest BCUT2D eigenvalue weighted by molar-refractivity contribution is -0.384. The van der Waals surface area contributed by atoms with Crippen molar-refractivity contribution in [1.82, 2.24) is 0 Å². The van der Waals surface area contributed by atoms with Crippen molar-refractivity contribution in [3.63, 3.8) is 0 Å². The number of sulfone groups is 1. The highest BCUT2D eigenvalue weighted by atomic mass is 32.2. The summed E-state index contributed by atoms with van der Waals surface area (Å²) >= 11 is 0. The smallest absolute Gasteiger partial charge is 0.269 e. The first-order valence-electron chi connectivity index (χ1n) is 6.47. The lowest BCUT2D eigenvalue weighted by atomic mass is 9.98. The fourth-order valence-electron chi connectivity index (χ4n) is 2.11. The molecule has 0 bridgehead atoms. The molecule has 0 heterocycles. The molecule has 0 aromatic heterocycles. The Hall–Kier alpha value is -2.25. The summed E-state index contributed by atoms with van der Waals surface area (Å²) in [5, 5.41) is 21.1. The number of nitro benzene ring substituents is 1. The average Bonchev–Trinajstić information content (AvgIpc) is 2.47. The summed E-state index contributed by atoms with van der Waals surface area (Å²) in [5.41, 5.74) is -1.47. The summed E-state index contributed by atoms with van der Waals surface area (Å²) in [5.74, 6) is -0.512. The van der Waals surface area contributed by atoms with Gasteiger partial charge < -0.3 is 5.11 Å². The molecule has 22 heavy (non-hydrogen) atoms. The van der Waals surface area contributed by atoms with E-state index in [9.17, 15) is 23.6 Å². The van der Waals surface area contributed by atoms with Crippen molar-refractivity contribution in [2.45, 2.75) is 17.4 Å². The monoisotopic (exact) mass is 321 g/mol. The second kappa shape index (κ2) is 5.86. The third kappa shape index (κ3) is 3.49. The summed E-state index contributed by atoms with van der Waals surface area (Å²) in [6.45, 7) is 1.37. The van der Waals surface area contributed by atoms with Crippen molar-refractivity contribution in [1.29, 1.82) is 0 Å². The van der Waals surface area contributed by atoms with E-state index < -0.39 is 26.1 Å². The van der Waals surface area contributed by atoms with Crippen LogP contribution in [-0.2, 0) is 15.4 Å². The summed E-state index contributed by atoms with van der Waals surface area (Å²) in [7, 11) is -3.68. The molecule has 2 aromatic carbocycles. The maximum atomic E-state index is 12.3. The van der Waals surface area contributed by atoms with E-state index in [0.29, 0.717) is 5.56 Å². The van der Waals surface area contributed by atoms with Gasteiger partial charge >= 0.3 is 0 Å². The van der Waals surface area contributed by atoms with E-state index in [1.54, 1.807) is 18.2 Å². The predicted molar refractivity (Wildman–Crippen MR) is 81.2 cm³/mol. The molecule has 116 valence electrons. The van der Waals surface area contributed by atoms with Gasteiger partial charge in [-0.15, -0.1) is 0 Å². The van der Waals surface area contributed by atoms with E-state index in [2.05, 4.69) is 0 Å². The zero-order valence-electron chi connectivity index (χ0n) is 11.8. The molecule has 0 aliphatic carbocycles. The van der Waals surface area contributed by atoms with Crippen molar-refractivity contribution in [2.24, 2.45) is 0 Å². The van der Waals surface area contributed by atoms with Crippen LogP contribution in [-0.4, -0.2) is 24.2 Å². The summed E-state index contributed by atoms with van der Waals surface area (Å²) in [6.07, 6.45) is 0. The standard InChI is InChI=1S/C15H15NO5S/c1-15(17,12-7-9-13(10-8-12)16(18)19)11-22(20,21)14-5-3-2-4-6-14/h2-10,17H,11H2,1H3. The van der Waals surface area contributed by atoms with Gasteiger partial charge in [-0.05, 0) is 36.8 Å². The quantitative estimate of drug-likeness (QED) is 0.673. The van der Waals surface area contributed by atoms with E-state index in [1.807, 2.05) is 0 Å². The summed E-state index contributed by atoms with van der Waals surface area (Å²) in [6, 6.07) is 13.0. The minimum Gasteiger partial charge on any atom is -0.384 e. The third-order valence-electron chi connectivity index (χ3n) is 3.27. The number of hydrogen-bond donors (Lipinski definition) is 1. The van der Waals surface area contributed by atoms with Gasteiger partial charge in [-0.25, -0.2) is 8.42 Å². The van der Waals surface area contributed by atoms with E-state index in [1.165, 1.54) is 43.3 Å². The highest BCUT2D eigenvalue weighted by Crippen LogP contribution is 2.27. The summed E-state index contributed by atoms with van der Waals surface area (Å²) < 4.78 is 24.7. The minimum absolute atomic E-state index is 0.120. The second-order valence-electron chi connectivity index (χ2n) is 5.15. The first-order valence-corrected chi connectivity index (χ1v) is 8.13. The molecular weight excluding hydrogens is 306 g/mol. The van der Waals surface area contributed by atoms with Crippen LogP contribution >= 0.6 is 0 Å². The van der Waals surface area contributed by atoms with Gasteiger partial charge in [0, 0.05) is 12.1 Å². The molecule has 7 heteroatoms. The largest absolute Gasteiger partial charge is 0.384 e. The molecular formula is C15H15NO5S. The van der Waals surface area contributed by atoms with Gasteiger partial charge in [-0.3, -0.25) is 10.1 Å². The van der Waals surface area contributed by atoms with Gasteiger partial charge in [0.05, 0.1) is 15.6 Å². The molecule has 0 spiro atoms. The number of benzene rings is 2. The van der Waals surface area contributed by atoms with Gasteiger partial charge in [0.2, 0.25) is 0 Å². The van der Waals surface area contributed by atoms with Crippen LogP contribution in [0.3, 0.4) is 0 Å². The maximum absolute atomic E-state index is 12.3. The number of nitrogens with zero attached hydrogens (tertiary/aromatic N) is 1. The van der Waals surface area contributed by atoms with Gasteiger partial charge in [-0.1, -0.05) is 18.2 Å². The first-order chi connectivity index (χ1) is 10.2. The number of non-ortho nitro benzene ring substituents is 1. The SMILES string of the molecule is CC(O)(CS(=O)(=O)c1ccccc1)c1ccc([N+](=O)[O-])cc1. The molecule has 6 nitrogen and oxygen atoms in total. The van der Waals surface area contributed by atoms with Gasteiger partial charge in [0.1, 0.15) is 5.60 Å². The van der Waals surface area contributed by atoms with Crippen LogP contribution in [0.5, 0.6) is 0 Å². The fourth-order valence-corrected chi connectivity index (χ4v) is 3.75. The Bertz CT molecular complexity index is 767. The molecule has 0 saturated heterocycles. The molecule has 0 aliphatic heterocycles. The Morgan fingerprint density at radius 1 is 1.09 bits per heavy atom. The van der Waals surface area contributed by atoms with E-state index >= 15 is 0 Å². The maximum Gasteiger partial charge on any atom is 0.269 e. The van der Waals surface area contributed by atoms with Gasteiger partial charge in [0.15, 0.2) is 9.84 Å². The van der Waals surface area contributed by atoms with Crippen molar-refractivity contribution in [2.75, 3.05) is 5.75 Å². The zero-order chi connectivity index (χ0) is 16.4. The van der Waals surface area contributed by atoms with Crippen LogP contribution in [0, 0.1) is 10.1 Å². The predicted octanol–water partition coefficient (Wildman–Crippen LogP) is 2.28. The first kappa shape index (κ1) is 16.1. The Morgan fingerprint density at radius 2 is 1.64 bits per heavy atom. The molecule has 0 radical (unpaired) electrons. The van der Waals surface area contributed by atoms with Crippen molar-refractivity contribution in [3.8, 4) is 0 Å². The molecule has 1 N–H and O–H groups in total. The Labute approximate surface area is 128 Å². The van der Waals surface area contributed by atoms with Gasteiger partial charge in [-0.2, -0.15) is 0 Å². The van der Waals surface area contributed by atoms with Crippen LogP contribution in [0.4, 0.5) is 5.69 Å². The molecule has 0 amide bonds. The van der Waals surface area contributed by atoms with Gasteiger partial charge in [0.25, 0.3) is 5.69 Å². The number of hydrogen-bond acceptors (Lipinski definition) is 5. The molecule has 2 aromatic rings. The highest BCUT2D eigenvalue weighted by molar-refractivity contribution is 7.91. The average molecular weight is 321 g/mol. The molecule has 0 saturated carbocycles. The van der Waals surface area contributed by atoms with Crippen LogP contribution in [0.25, 0.3) is 0 Å². The van der Waals surface area contributed by atoms with Crippen molar-refractivity contribution in [3.05, 3.63) is 70.3 Å². The lowest BCUT2D eigenvalue weighted by Crippen LogP contribution is -2.31. The van der Waals surface area contributed by atoms with E-state index in [-0.39, 0.29) is 10.6 Å². The fraction of sp³-hybridized carbons (Fsp3) is 0.200. The highest BCUT2D eigenvalue weighted by Gasteiger charge is 2.31. The zero-order valence-corrected chi connectivity index (χ0v) is 12.7. The molecule has 2 rings (SSSR count). The molecule has 0 aliphatic rings.